The van der Waals surface area contributed by atoms with Crippen LogP contribution >= 0.6 is 0 Å². The zero-order valence-corrected chi connectivity index (χ0v) is 36.8. The van der Waals surface area contributed by atoms with Crippen molar-refractivity contribution >= 4 is 40.9 Å². The highest BCUT2D eigenvalue weighted by Crippen LogP contribution is 2.42. The number of carbonyl (C=O) groups is 4. The molecule has 4 aromatic carbocycles. The summed E-state index contributed by atoms with van der Waals surface area (Å²) in [6.45, 7) is 4.27. The maximum absolute atomic E-state index is 14.3. The van der Waals surface area contributed by atoms with Gasteiger partial charge in [-0.1, -0.05) is 49.7 Å². The average molecular weight is 940 g/mol. The van der Waals surface area contributed by atoms with E-state index in [2.05, 4.69) is 22.5 Å². The minimum Gasteiger partial charge on any atom is -0.399 e. The summed E-state index contributed by atoms with van der Waals surface area (Å²) in [5.74, 6) is -0.755. The second-order valence-electron chi connectivity index (χ2n) is 17.0. The van der Waals surface area contributed by atoms with E-state index in [-0.39, 0.29) is 71.9 Å². The van der Waals surface area contributed by atoms with Crippen LogP contribution in [0.15, 0.2) is 120 Å². The summed E-state index contributed by atoms with van der Waals surface area (Å²) in [7, 11) is 0. The smallest absolute Gasteiger partial charge is 0.399 e. The van der Waals surface area contributed by atoms with Gasteiger partial charge in [-0.05, 0) is 111 Å². The van der Waals surface area contributed by atoms with E-state index in [9.17, 15) is 50.8 Å². The lowest BCUT2D eigenvalue weighted by Gasteiger charge is -2.34. The number of halogens is 6. The van der Waals surface area contributed by atoms with Gasteiger partial charge in [0.2, 0.25) is 0 Å². The van der Waals surface area contributed by atoms with Crippen molar-refractivity contribution in [3.05, 3.63) is 147 Å². The molecule has 354 valence electrons. The second kappa shape index (κ2) is 19.1. The zero-order chi connectivity index (χ0) is 48.5. The standard InChI is InChI=1S/C49H47F6N9O4/c1-2-3-20-60(22-7-24-62-29-39-41(45(62)66)43(32-16-18-35(57)19-17-32)59-47(68)64(39)37-11-5-9-34(26-37)49(53,54)55)21-6-23-61-28-38-40(44(61)65)42(31-14-12-30(27-56)13-15-31)58-46(67)63(38)36-10-4-8-33(25-36)48(50,51)52/h4-5,8-19,25-26,42-43H,2-3,6-7,20-24,28-29,57H2,1H3,(H,58,67)(H,59,68). The van der Waals surface area contributed by atoms with Gasteiger partial charge in [-0.3, -0.25) is 19.4 Å². The summed E-state index contributed by atoms with van der Waals surface area (Å²) in [5, 5.41) is 15.0. The first-order valence-corrected chi connectivity index (χ1v) is 22.1. The first-order chi connectivity index (χ1) is 32.5. The molecule has 0 spiro atoms. The molecule has 68 heavy (non-hydrogen) atoms. The van der Waals surface area contributed by atoms with Crippen molar-refractivity contribution in [2.75, 3.05) is 61.3 Å². The van der Waals surface area contributed by atoms with Crippen LogP contribution in [-0.2, 0) is 21.9 Å². The van der Waals surface area contributed by atoms with Crippen molar-refractivity contribution in [1.82, 2.24) is 25.3 Å². The Morgan fingerprint density at radius 2 is 1.07 bits per heavy atom. The Kier molecular flexibility index (Phi) is 13.3. The minimum atomic E-state index is -4.68. The summed E-state index contributed by atoms with van der Waals surface area (Å²) >= 11 is 0. The van der Waals surface area contributed by atoms with Gasteiger partial charge in [0.1, 0.15) is 0 Å². The molecule has 13 nitrogen and oxygen atoms in total. The van der Waals surface area contributed by atoms with E-state index in [4.69, 9.17) is 5.73 Å². The number of nitrogens with two attached hydrogens (primary N) is 1. The molecule has 4 aliphatic heterocycles. The summed E-state index contributed by atoms with van der Waals surface area (Å²) in [6, 6.07) is 20.6. The zero-order valence-electron chi connectivity index (χ0n) is 36.8. The number of alkyl halides is 6. The van der Waals surface area contributed by atoms with E-state index in [1.807, 2.05) is 6.07 Å². The van der Waals surface area contributed by atoms with Gasteiger partial charge >= 0.3 is 24.4 Å². The molecular weight excluding hydrogens is 893 g/mol. The third-order valence-electron chi connectivity index (χ3n) is 12.5. The molecule has 4 aliphatic rings. The van der Waals surface area contributed by atoms with Crippen molar-refractivity contribution in [3.8, 4) is 6.07 Å². The van der Waals surface area contributed by atoms with Crippen molar-refractivity contribution < 1.29 is 45.5 Å². The molecule has 0 aliphatic carbocycles. The molecule has 2 unspecified atom stereocenters. The Morgan fingerprint density at radius 1 is 0.647 bits per heavy atom. The highest BCUT2D eigenvalue weighted by Gasteiger charge is 2.47. The molecule has 6 amide bonds. The lowest BCUT2D eigenvalue weighted by Crippen LogP contribution is -2.47. The molecule has 0 fully saturated rings. The number of anilines is 3. The second-order valence-corrected chi connectivity index (χ2v) is 17.0. The van der Waals surface area contributed by atoms with Gasteiger partial charge in [0.25, 0.3) is 11.8 Å². The summed E-state index contributed by atoms with van der Waals surface area (Å²) in [4.78, 5) is 63.7. The van der Waals surface area contributed by atoms with Crippen molar-refractivity contribution in [2.45, 2.75) is 57.0 Å². The van der Waals surface area contributed by atoms with Gasteiger partial charge in [-0.15, -0.1) is 0 Å². The first kappa shape index (κ1) is 47.2. The fourth-order valence-electron chi connectivity index (χ4n) is 9.17. The fraction of sp³-hybridized carbons (Fsp3) is 0.327. The number of hydrogen-bond donors (Lipinski definition) is 3. The predicted molar refractivity (Wildman–Crippen MR) is 240 cm³/mol. The van der Waals surface area contributed by atoms with Crippen LogP contribution in [0.1, 0.15) is 72.5 Å². The van der Waals surface area contributed by atoms with Gasteiger partial charge in [0.05, 0.1) is 81.8 Å². The number of amides is 6. The average Bonchev–Trinajstić information content (AvgIpc) is 3.81. The molecule has 2 atom stereocenters. The number of nitrogens with zero attached hydrogens (tertiary/aromatic N) is 6. The maximum Gasteiger partial charge on any atom is 0.416 e. The number of rotatable bonds is 15. The maximum atomic E-state index is 14.3. The molecule has 0 aromatic heterocycles. The van der Waals surface area contributed by atoms with Crippen LogP contribution in [0.4, 0.5) is 53.0 Å². The van der Waals surface area contributed by atoms with Crippen LogP contribution < -0.4 is 26.2 Å². The van der Waals surface area contributed by atoms with E-state index in [1.54, 1.807) is 58.3 Å². The van der Waals surface area contributed by atoms with Gasteiger partial charge < -0.3 is 31.1 Å². The number of hydrogen-bond acceptors (Lipinski definition) is 7. The Hall–Kier alpha value is -7.33. The Bertz CT molecular complexity index is 2710. The Balaban J connectivity index is 0.964. The lowest BCUT2D eigenvalue weighted by atomic mass is 9.94. The number of nitriles is 1. The van der Waals surface area contributed by atoms with Gasteiger partial charge in [0, 0.05) is 18.8 Å². The number of nitrogens with one attached hydrogen (secondary N) is 2. The van der Waals surface area contributed by atoms with Crippen LogP contribution in [0, 0.1) is 11.3 Å². The predicted octanol–water partition coefficient (Wildman–Crippen LogP) is 8.49. The fourth-order valence-corrected chi connectivity index (χ4v) is 9.17. The van der Waals surface area contributed by atoms with Crippen LogP contribution in [0.3, 0.4) is 0 Å². The molecule has 4 N–H and O–H groups in total. The van der Waals surface area contributed by atoms with E-state index < -0.39 is 47.6 Å². The molecule has 19 heteroatoms. The molecular formula is C49H47F6N9O4. The summed E-state index contributed by atoms with van der Waals surface area (Å²) in [6.07, 6.45) is -6.62. The van der Waals surface area contributed by atoms with Crippen LogP contribution in [0.5, 0.6) is 0 Å². The van der Waals surface area contributed by atoms with E-state index in [0.29, 0.717) is 54.9 Å². The molecule has 0 bridgehead atoms. The SMILES string of the molecule is CCCCN(CCCN1CC2=C(C1=O)C(c1ccc(N)cc1)NC(=O)N2c1cccc(C(F)(F)F)c1)CCCN1CC2=C(C1=O)C(c1ccc(C#N)cc1)NC(=O)N2c1cccc(C(F)(F)F)c1. The van der Waals surface area contributed by atoms with E-state index in [0.717, 1.165) is 46.9 Å². The quantitative estimate of drug-likeness (QED) is 0.0797. The lowest BCUT2D eigenvalue weighted by molar-refractivity contribution is -0.138. The topological polar surface area (TPSA) is 158 Å². The van der Waals surface area contributed by atoms with Crippen LogP contribution in [0.25, 0.3) is 0 Å². The Labute approximate surface area is 388 Å². The number of urea groups is 2. The molecule has 4 aromatic rings. The van der Waals surface area contributed by atoms with Crippen molar-refractivity contribution in [3.63, 3.8) is 0 Å². The van der Waals surface area contributed by atoms with Crippen LogP contribution in [-0.4, -0.2) is 84.4 Å². The normalized spacial score (nSPS) is 18.6. The van der Waals surface area contributed by atoms with Crippen molar-refractivity contribution in [1.29, 1.82) is 5.26 Å². The van der Waals surface area contributed by atoms with Gasteiger partial charge in [-0.2, -0.15) is 31.6 Å². The minimum absolute atomic E-state index is 0.0225. The highest BCUT2D eigenvalue weighted by molar-refractivity contribution is 6.08. The molecule has 0 saturated heterocycles. The largest absolute Gasteiger partial charge is 0.416 e. The van der Waals surface area contributed by atoms with Gasteiger partial charge in [0.15, 0.2) is 0 Å². The molecule has 0 saturated carbocycles. The van der Waals surface area contributed by atoms with E-state index in [1.165, 1.54) is 24.3 Å². The Morgan fingerprint density at radius 3 is 1.49 bits per heavy atom. The summed E-state index contributed by atoms with van der Waals surface area (Å²) < 4.78 is 82.8. The summed E-state index contributed by atoms with van der Waals surface area (Å²) in [5.41, 5.74) is 6.84. The van der Waals surface area contributed by atoms with E-state index >= 15 is 0 Å². The third-order valence-corrected chi connectivity index (χ3v) is 12.5. The third kappa shape index (κ3) is 9.59. The highest BCUT2D eigenvalue weighted by atomic mass is 19.4. The van der Waals surface area contributed by atoms with Gasteiger partial charge in [-0.25, -0.2) is 9.59 Å². The van der Waals surface area contributed by atoms with Crippen molar-refractivity contribution in [2.24, 2.45) is 0 Å². The van der Waals surface area contributed by atoms with Crippen LogP contribution in [0.2, 0.25) is 0 Å². The molecule has 4 heterocycles. The monoisotopic (exact) mass is 939 g/mol. The number of nitrogen functional groups attached to an aromatic ring is 1. The molecule has 8 rings (SSSR count). The number of benzene rings is 4. The number of unbranched alkanes of at least 4 members (excludes halogenated alkanes) is 1. The number of carbonyl (C=O) groups excluding carboxylic acids is 4. The first-order valence-electron chi connectivity index (χ1n) is 22.1. The molecule has 0 radical (unpaired) electrons.